The van der Waals surface area contributed by atoms with E-state index in [1.807, 2.05) is 24.3 Å². The molecule has 2 aromatic carbocycles. The number of anilines is 1. The zero-order valence-electron chi connectivity index (χ0n) is 19.8. The molecule has 0 bridgehead atoms. The summed E-state index contributed by atoms with van der Waals surface area (Å²) in [5.74, 6) is 0.525. The van der Waals surface area contributed by atoms with Gasteiger partial charge in [-0.1, -0.05) is 46.8 Å². The van der Waals surface area contributed by atoms with E-state index in [-0.39, 0.29) is 10.7 Å². The van der Waals surface area contributed by atoms with Crippen molar-refractivity contribution in [2.75, 3.05) is 5.73 Å². The van der Waals surface area contributed by atoms with Gasteiger partial charge in [0.25, 0.3) is 0 Å². The average molecular weight is 493 g/mol. The summed E-state index contributed by atoms with van der Waals surface area (Å²) in [6.07, 6.45) is 1.52. The van der Waals surface area contributed by atoms with E-state index >= 15 is 0 Å². The molecule has 12 heteroatoms. The van der Waals surface area contributed by atoms with Gasteiger partial charge in [0.15, 0.2) is 27.1 Å². The Bertz CT molecular complexity index is 1470. The van der Waals surface area contributed by atoms with Crippen LogP contribution in [0, 0.1) is 0 Å². The summed E-state index contributed by atoms with van der Waals surface area (Å²) in [7, 11) is 13.2. The van der Waals surface area contributed by atoms with Crippen molar-refractivity contribution in [1.82, 2.24) is 20.4 Å². The molecule has 4 rings (SSSR count). The number of rotatable bonds is 8. The summed E-state index contributed by atoms with van der Waals surface area (Å²) < 4.78 is 30.3. The van der Waals surface area contributed by atoms with Crippen LogP contribution in [-0.4, -0.2) is 57.6 Å². The lowest BCUT2D eigenvalue weighted by Crippen LogP contribution is -2.46. The first kappa shape index (κ1) is 25.7. The highest BCUT2D eigenvalue weighted by atomic mass is 32.2. The number of aromatic nitrogens is 3. The average Bonchev–Trinajstić information content (AvgIpc) is 3.33. The highest BCUT2D eigenvalue weighted by Gasteiger charge is 2.20. The van der Waals surface area contributed by atoms with Gasteiger partial charge in [0.05, 0.1) is 45.6 Å². The molecule has 0 unspecified atom stereocenters. The van der Waals surface area contributed by atoms with Crippen molar-refractivity contribution in [2.24, 2.45) is 0 Å². The molecule has 0 aliphatic heterocycles. The van der Waals surface area contributed by atoms with Crippen LogP contribution < -0.4 is 11.1 Å². The first-order valence-corrected chi connectivity index (χ1v) is 12.6. The van der Waals surface area contributed by atoms with Gasteiger partial charge in [-0.15, -0.1) is 0 Å². The Morgan fingerprint density at radius 3 is 2.22 bits per heavy atom. The van der Waals surface area contributed by atoms with Crippen molar-refractivity contribution < 1.29 is 12.9 Å². The minimum absolute atomic E-state index is 0.177. The molecule has 0 atom stereocenters. The van der Waals surface area contributed by atoms with Crippen LogP contribution in [0.1, 0.15) is 19.4 Å². The van der Waals surface area contributed by atoms with Crippen molar-refractivity contribution in [2.45, 2.75) is 35.8 Å². The fourth-order valence-electron chi connectivity index (χ4n) is 3.38. The second-order valence-electron chi connectivity index (χ2n) is 8.67. The lowest BCUT2D eigenvalue weighted by Gasteiger charge is -2.22. The Labute approximate surface area is 214 Å². The molecule has 2 heterocycles. The fraction of sp³-hybridized carbons (Fsp3) is 0.208. The Morgan fingerprint density at radius 1 is 1.00 bits per heavy atom. The van der Waals surface area contributed by atoms with Crippen LogP contribution in [0.5, 0.6) is 0 Å². The number of sulfone groups is 1. The van der Waals surface area contributed by atoms with Gasteiger partial charge in [-0.3, -0.25) is 0 Å². The van der Waals surface area contributed by atoms with Crippen molar-refractivity contribution in [3.05, 3.63) is 66.4 Å². The Morgan fingerprint density at radius 2 is 1.61 bits per heavy atom. The number of hydrogen-bond acceptors (Lipinski definition) is 8. The molecule has 6 radical (unpaired) electrons. The molecule has 0 amide bonds. The lowest BCUT2D eigenvalue weighted by atomic mass is 9.49. The van der Waals surface area contributed by atoms with Crippen LogP contribution in [0.3, 0.4) is 0 Å². The summed E-state index contributed by atoms with van der Waals surface area (Å²) in [5.41, 5.74) is 9.94. The second-order valence-corrected chi connectivity index (χ2v) is 11.2. The van der Waals surface area contributed by atoms with Crippen LogP contribution in [0.4, 0.5) is 5.82 Å². The number of nitrogens with two attached hydrogens (primary N) is 1. The van der Waals surface area contributed by atoms with Crippen LogP contribution in [0.2, 0.25) is 0 Å². The van der Waals surface area contributed by atoms with Crippen molar-refractivity contribution in [1.29, 1.82) is 0 Å². The van der Waals surface area contributed by atoms with E-state index in [1.54, 1.807) is 44.2 Å². The molecule has 0 fully saturated rings. The molecule has 176 valence electrons. The van der Waals surface area contributed by atoms with E-state index in [9.17, 15) is 8.42 Å². The Balaban J connectivity index is 1.57. The third-order valence-corrected chi connectivity index (χ3v) is 7.66. The van der Waals surface area contributed by atoms with E-state index in [1.165, 1.54) is 6.20 Å². The lowest BCUT2D eigenvalue weighted by molar-refractivity contribution is 0.434. The van der Waals surface area contributed by atoms with Crippen LogP contribution in [-0.2, 0) is 16.4 Å². The minimum Gasteiger partial charge on any atom is -0.382 e. The van der Waals surface area contributed by atoms with Crippen LogP contribution >= 0.6 is 0 Å². The van der Waals surface area contributed by atoms with Crippen LogP contribution in [0.15, 0.2) is 70.2 Å². The molecule has 0 aliphatic rings. The third-order valence-electron chi connectivity index (χ3n) is 5.49. The number of nitrogen functional groups attached to an aromatic ring is 1. The predicted molar refractivity (Wildman–Crippen MR) is 142 cm³/mol. The van der Waals surface area contributed by atoms with E-state index in [0.29, 0.717) is 35.0 Å². The monoisotopic (exact) mass is 493 g/mol. The molecule has 0 aliphatic carbocycles. The maximum atomic E-state index is 12.4. The number of hydrogen-bond donors (Lipinski definition) is 2. The number of nitrogens with zero attached hydrogens (tertiary/aromatic N) is 3. The Kier molecular flexibility index (Phi) is 7.11. The van der Waals surface area contributed by atoms with Crippen molar-refractivity contribution in [3.63, 3.8) is 0 Å². The molecule has 4 aromatic rings. The molecule has 8 nitrogen and oxygen atoms in total. The molecule has 0 saturated carbocycles. The SMILES string of the molecule is [B]C([B])([B])NCc1ccc(-c2cc(-c3nc(-c4ccc(S(=O)(=O)C(C)C)cc4)cnc3N)on2)cc1. The number of nitrogens with one attached hydrogen (secondary N) is 1. The summed E-state index contributed by atoms with van der Waals surface area (Å²) >= 11 is 0. The normalized spacial score (nSPS) is 12.2. The maximum absolute atomic E-state index is 12.4. The summed E-state index contributed by atoms with van der Waals surface area (Å²) in [6, 6.07) is 15.7. The van der Waals surface area contributed by atoms with Crippen molar-refractivity contribution in [3.8, 4) is 34.0 Å². The molecule has 0 saturated heterocycles. The van der Waals surface area contributed by atoms with Crippen molar-refractivity contribution >= 4 is 39.2 Å². The van der Waals surface area contributed by atoms with E-state index < -0.39 is 20.3 Å². The second kappa shape index (κ2) is 9.95. The fourth-order valence-corrected chi connectivity index (χ4v) is 4.44. The highest BCUT2D eigenvalue weighted by molar-refractivity contribution is 7.92. The summed E-state index contributed by atoms with van der Waals surface area (Å²) in [6.45, 7) is 3.69. The highest BCUT2D eigenvalue weighted by Crippen LogP contribution is 2.30. The summed E-state index contributed by atoms with van der Waals surface area (Å²) in [5, 5.41) is 4.97. The largest absolute Gasteiger partial charge is 0.382 e. The molecule has 2 aromatic heterocycles. The zero-order chi connectivity index (χ0) is 26.1. The van der Waals surface area contributed by atoms with E-state index in [2.05, 4.69) is 20.4 Å². The topological polar surface area (TPSA) is 124 Å². The number of benzene rings is 2. The van der Waals surface area contributed by atoms with Gasteiger partial charge in [-0.2, -0.15) is 0 Å². The smallest absolute Gasteiger partial charge is 0.189 e. The van der Waals surface area contributed by atoms with Gasteiger partial charge < -0.3 is 15.6 Å². The molecule has 36 heavy (non-hydrogen) atoms. The van der Waals surface area contributed by atoms with E-state index in [4.69, 9.17) is 33.8 Å². The minimum atomic E-state index is -3.37. The third kappa shape index (κ3) is 5.71. The van der Waals surface area contributed by atoms with Gasteiger partial charge >= 0.3 is 0 Å². The first-order chi connectivity index (χ1) is 16.9. The van der Waals surface area contributed by atoms with Gasteiger partial charge in [-0.25, -0.2) is 18.4 Å². The molecule has 3 N–H and O–H groups in total. The predicted octanol–water partition coefficient (Wildman–Crippen LogP) is 2.44. The maximum Gasteiger partial charge on any atom is 0.189 e. The van der Waals surface area contributed by atoms with Gasteiger partial charge in [-0.05, 0) is 31.5 Å². The Hall–Kier alpha value is -3.37. The van der Waals surface area contributed by atoms with Crippen LogP contribution in [0.25, 0.3) is 34.0 Å². The van der Waals surface area contributed by atoms with Gasteiger partial charge in [0.2, 0.25) is 0 Å². The van der Waals surface area contributed by atoms with E-state index in [0.717, 1.165) is 11.1 Å². The van der Waals surface area contributed by atoms with Gasteiger partial charge in [0.1, 0.15) is 5.69 Å². The molecule has 0 spiro atoms. The quantitative estimate of drug-likeness (QED) is 0.359. The van der Waals surface area contributed by atoms with Gasteiger partial charge in [0, 0.05) is 23.7 Å². The molecular weight excluding hydrogens is 471 g/mol. The zero-order valence-corrected chi connectivity index (χ0v) is 20.7. The first-order valence-electron chi connectivity index (χ1n) is 11.1. The standard InChI is InChI=1S/C24H22B3N5O3S/c1-14(2)36(33,34)18-9-7-17(8-10-18)20-13-29-23(28)22(31-20)21-11-19(32-35-21)16-5-3-15(4-6-16)12-30-24(25,26)27/h3-11,13-14,30H,12H2,1-2H3,(H2,28,29). The molecular formula is C24H22B3N5O3S. The summed E-state index contributed by atoms with van der Waals surface area (Å²) in [4.78, 5) is 9.08.